The maximum absolute atomic E-state index is 11.6. The first-order valence-corrected chi connectivity index (χ1v) is 5.46. The molecular formula is C9H12N6O4. The topological polar surface area (TPSA) is 159 Å². The molecule has 0 spiro atoms. The van der Waals surface area contributed by atoms with Crippen molar-refractivity contribution in [2.75, 3.05) is 6.54 Å². The summed E-state index contributed by atoms with van der Waals surface area (Å²) in [5.74, 6) is 0. The van der Waals surface area contributed by atoms with Crippen molar-refractivity contribution < 1.29 is 9.84 Å². The first-order chi connectivity index (χ1) is 9.04. The number of hydrogen-bond acceptors (Lipinski definition) is 6. The third-order valence-corrected chi connectivity index (χ3v) is 2.87. The standard InChI is InChI=1S/C9H12N6O4/c10-6-7(17)4(3-12-14-11)19-8(6)15-2-1-5(16)13-9(15)18/h1-2,4,6-8,17H,3,10H2,(H,13,16,18)/t4-,6-,7+,8-/m1/s1. The van der Waals surface area contributed by atoms with Gasteiger partial charge in [-0.2, -0.15) is 0 Å². The molecule has 4 atom stereocenters. The fraction of sp³-hybridized carbons (Fsp3) is 0.556. The van der Waals surface area contributed by atoms with Gasteiger partial charge in [-0.1, -0.05) is 5.11 Å². The monoisotopic (exact) mass is 268 g/mol. The number of nitrogens with two attached hydrogens (primary N) is 1. The first-order valence-electron chi connectivity index (χ1n) is 5.46. The number of aromatic nitrogens is 2. The minimum Gasteiger partial charge on any atom is -0.389 e. The summed E-state index contributed by atoms with van der Waals surface area (Å²) in [7, 11) is 0. The van der Waals surface area contributed by atoms with Crippen molar-refractivity contribution >= 4 is 0 Å². The minimum absolute atomic E-state index is 0.0973. The van der Waals surface area contributed by atoms with Gasteiger partial charge in [0.1, 0.15) is 0 Å². The summed E-state index contributed by atoms with van der Waals surface area (Å²) >= 11 is 0. The van der Waals surface area contributed by atoms with Crippen molar-refractivity contribution in [2.45, 2.75) is 24.5 Å². The molecule has 2 heterocycles. The summed E-state index contributed by atoms with van der Waals surface area (Å²) in [6, 6.07) is 0.271. The Hall–Kier alpha value is -2.13. The van der Waals surface area contributed by atoms with Crippen molar-refractivity contribution in [1.29, 1.82) is 0 Å². The maximum Gasteiger partial charge on any atom is 0.330 e. The molecule has 0 aliphatic carbocycles. The second-order valence-electron chi connectivity index (χ2n) is 4.06. The molecule has 1 aromatic rings. The molecule has 0 amide bonds. The molecule has 0 radical (unpaired) electrons. The summed E-state index contributed by atoms with van der Waals surface area (Å²) in [6.45, 7) is -0.0973. The van der Waals surface area contributed by atoms with E-state index in [1.165, 1.54) is 6.20 Å². The smallest absolute Gasteiger partial charge is 0.330 e. The fourth-order valence-corrected chi connectivity index (χ4v) is 1.91. The second kappa shape index (κ2) is 5.24. The number of hydrogen-bond donors (Lipinski definition) is 3. The van der Waals surface area contributed by atoms with Gasteiger partial charge >= 0.3 is 5.69 Å². The Balaban J connectivity index is 2.28. The van der Waals surface area contributed by atoms with Gasteiger partial charge in [-0.3, -0.25) is 14.3 Å². The van der Waals surface area contributed by atoms with E-state index in [2.05, 4.69) is 15.0 Å². The number of aliphatic hydroxyl groups is 1. The lowest BCUT2D eigenvalue weighted by Gasteiger charge is -2.17. The molecular weight excluding hydrogens is 256 g/mol. The van der Waals surface area contributed by atoms with Crippen LogP contribution in [0.2, 0.25) is 0 Å². The third-order valence-electron chi connectivity index (χ3n) is 2.87. The van der Waals surface area contributed by atoms with Crippen molar-refractivity contribution in [3.05, 3.63) is 43.5 Å². The Morgan fingerprint density at radius 2 is 2.37 bits per heavy atom. The summed E-state index contributed by atoms with van der Waals surface area (Å²) in [5.41, 5.74) is 12.8. The Bertz CT molecular complexity index is 618. The number of azide groups is 1. The molecule has 10 nitrogen and oxygen atoms in total. The van der Waals surface area contributed by atoms with Gasteiger partial charge in [0.15, 0.2) is 6.23 Å². The van der Waals surface area contributed by atoms with Crippen molar-refractivity contribution in [2.24, 2.45) is 10.8 Å². The molecule has 1 saturated heterocycles. The van der Waals surface area contributed by atoms with Crippen LogP contribution in [-0.2, 0) is 4.74 Å². The number of rotatable bonds is 3. The lowest BCUT2D eigenvalue weighted by atomic mass is 10.1. The molecule has 102 valence electrons. The molecule has 1 aromatic heterocycles. The van der Waals surface area contributed by atoms with Crippen LogP contribution in [0.3, 0.4) is 0 Å². The van der Waals surface area contributed by atoms with E-state index < -0.39 is 35.7 Å². The summed E-state index contributed by atoms with van der Waals surface area (Å²) in [5, 5.41) is 13.1. The van der Waals surface area contributed by atoms with E-state index in [0.29, 0.717) is 0 Å². The van der Waals surface area contributed by atoms with Gasteiger partial charge < -0.3 is 15.6 Å². The van der Waals surface area contributed by atoms with Crippen LogP contribution in [-0.4, -0.2) is 39.5 Å². The van der Waals surface area contributed by atoms with Crippen LogP contribution in [0, 0.1) is 0 Å². The molecule has 19 heavy (non-hydrogen) atoms. The maximum atomic E-state index is 11.6. The van der Waals surface area contributed by atoms with Crippen molar-refractivity contribution in [1.82, 2.24) is 9.55 Å². The largest absolute Gasteiger partial charge is 0.389 e. The van der Waals surface area contributed by atoms with Crippen LogP contribution in [0.1, 0.15) is 6.23 Å². The van der Waals surface area contributed by atoms with Crippen LogP contribution in [0.25, 0.3) is 10.4 Å². The van der Waals surface area contributed by atoms with Crippen LogP contribution in [0.4, 0.5) is 0 Å². The Labute approximate surface area is 106 Å². The van der Waals surface area contributed by atoms with Crippen LogP contribution in [0.15, 0.2) is 27.0 Å². The number of aliphatic hydroxyl groups excluding tert-OH is 1. The predicted molar refractivity (Wildman–Crippen MR) is 63.2 cm³/mol. The highest BCUT2D eigenvalue weighted by molar-refractivity contribution is 4.95. The van der Waals surface area contributed by atoms with E-state index >= 15 is 0 Å². The summed E-state index contributed by atoms with van der Waals surface area (Å²) < 4.78 is 6.47. The highest BCUT2D eigenvalue weighted by atomic mass is 16.5. The number of H-pyrrole nitrogens is 1. The van der Waals surface area contributed by atoms with Crippen molar-refractivity contribution in [3.8, 4) is 0 Å². The molecule has 0 unspecified atom stereocenters. The van der Waals surface area contributed by atoms with Gasteiger partial charge in [-0.05, 0) is 5.53 Å². The molecule has 1 aliphatic rings. The molecule has 0 aromatic carbocycles. The van der Waals surface area contributed by atoms with E-state index in [-0.39, 0.29) is 6.54 Å². The van der Waals surface area contributed by atoms with Gasteiger partial charge in [-0.15, -0.1) is 0 Å². The van der Waals surface area contributed by atoms with Gasteiger partial charge in [0, 0.05) is 17.2 Å². The fourth-order valence-electron chi connectivity index (χ4n) is 1.91. The molecule has 1 fully saturated rings. The molecule has 2 rings (SSSR count). The third kappa shape index (κ3) is 2.51. The normalized spacial score (nSPS) is 30.0. The second-order valence-corrected chi connectivity index (χ2v) is 4.06. The highest BCUT2D eigenvalue weighted by Crippen LogP contribution is 2.26. The van der Waals surface area contributed by atoms with Gasteiger partial charge in [0.25, 0.3) is 5.56 Å². The summed E-state index contributed by atoms with van der Waals surface area (Å²) in [4.78, 5) is 27.2. The Morgan fingerprint density at radius 1 is 1.63 bits per heavy atom. The molecule has 4 N–H and O–H groups in total. The molecule has 0 saturated carbocycles. The minimum atomic E-state index is -1.07. The van der Waals surface area contributed by atoms with E-state index in [9.17, 15) is 14.7 Å². The van der Waals surface area contributed by atoms with Gasteiger partial charge in [0.2, 0.25) is 0 Å². The van der Waals surface area contributed by atoms with E-state index in [1.54, 1.807) is 0 Å². The van der Waals surface area contributed by atoms with E-state index in [4.69, 9.17) is 16.0 Å². The van der Waals surface area contributed by atoms with Crippen LogP contribution < -0.4 is 17.0 Å². The van der Waals surface area contributed by atoms with Gasteiger partial charge in [-0.25, -0.2) is 4.79 Å². The zero-order valence-corrected chi connectivity index (χ0v) is 9.71. The lowest BCUT2D eigenvalue weighted by Crippen LogP contribution is -2.42. The predicted octanol–water partition coefficient (Wildman–Crippen LogP) is -1.57. The summed E-state index contributed by atoms with van der Waals surface area (Å²) in [6.07, 6.45) is -1.57. The highest BCUT2D eigenvalue weighted by Gasteiger charge is 2.42. The average Bonchev–Trinajstić information content (AvgIpc) is 2.64. The zero-order chi connectivity index (χ0) is 14.0. The van der Waals surface area contributed by atoms with Crippen molar-refractivity contribution in [3.63, 3.8) is 0 Å². The molecule has 10 heteroatoms. The average molecular weight is 268 g/mol. The van der Waals surface area contributed by atoms with Crippen LogP contribution >= 0.6 is 0 Å². The quantitative estimate of drug-likeness (QED) is 0.342. The Kier molecular flexibility index (Phi) is 3.67. The lowest BCUT2D eigenvalue weighted by molar-refractivity contribution is -0.0162. The molecule has 1 aliphatic heterocycles. The number of nitrogens with one attached hydrogen (secondary N) is 1. The number of ether oxygens (including phenoxy) is 1. The Morgan fingerprint density at radius 3 is 3.00 bits per heavy atom. The number of nitrogens with zero attached hydrogens (tertiary/aromatic N) is 4. The first kappa shape index (κ1) is 13.3. The SMILES string of the molecule is [N-]=[N+]=NC[C@H]1O[C@@H](n2ccc(=O)[nH]c2=O)[C@H](N)[C@H]1O. The van der Waals surface area contributed by atoms with Gasteiger partial charge in [0.05, 0.1) is 24.8 Å². The van der Waals surface area contributed by atoms with E-state index in [1.807, 2.05) is 0 Å². The number of aromatic amines is 1. The van der Waals surface area contributed by atoms with E-state index in [0.717, 1.165) is 10.6 Å². The van der Waals surface area contributed by atoms with Crippen LogP contribution in [0.5, 0.6) is 0 Å². The molecule has 0 bridgehead atoms. The zero-order valence-electron chi connectivity index (χ0n) is 9.71.